The van der Waals surface area contributed by atoms with E-state index in [1.54, 1.807) is 25.2 Å². The van der Waals surface area contributed by atoms with E-state index in [4.69, 9.17) is 21.4 Å². The van der Waals surface area contributed by atoms with E-state index in [9.17, 15) is 13.6 Å². The normalized spacial score (nSPS) is 21.5. The predicted molar refractivity (Wildman–Crippen MR) is 71.9 cm³/mol. The summed E-state index contributed by atoms with van der Waals surface area (Å²) >= 11 is 5.90. The van der Waals surface area contributed by atoms with Crippen molar-refractivity contribution >= 4 is 17.6 Å². The minimum absolute atomic E-state index is 0.226. The number of aromatic carboxylic acids is 1. The summed E-state index contributed by atoms with van der Waals surface area (Å²) in [6, 6.07) is 0. The summed E-state index contributed by atoms with van der Waals surface area (Å²) in [7, 11) is 1.35. The van der Waals surface area contributed by atoms with Crippen LogP contribution in [0.2, 0.25) is 0 Å². The molecule has 1 aromatic rings. The van der Waals surface area contributed by atoms with Crippen LogP contribution in [0.1, 0.15) is 35.8 Å². The molecule has 0 fully saturated rings. The number of rotatable bonds is 4. The summed E-state index contributed by atoms with van der Waals surface area (Å²) in [5.41, 5.74) is -2.37. The summed E-state index contributed by atoms with van der Waals surface area (Å²) in [6.45, 7) is 1.68. The van der Waals surface area contributed by atoms with Gasteiger partial charge in [-0.15, -0.1) is 0 Å². The molecule has 1 heterocycles. The second-order valence-electron chi connectivity index (χ2n) is 4.85. The summed E-state index contributed by atoms with van der Waals surface area (Å²) in [4.78, 5) is 11.2. The van der Waals surface area contributed by atoms with E-state index < -0.39 is 29.3 Å². The lowest BCUT2D eigenvalue weighted by Gasteiger charge is -2.28. The van der Waals surface area contributed by atoms with E-state index >= 15 is 0 Å². The van der Waals surface area contributed by atoms with E-state index in [2.05, 4.69) is 5.10 Å². The highest BCUT2D eigenvalue weighted by molar-refractivity contribution is 6.31. The highest BCUT2D eigenvalue weighted by Crippen LogP contribution is 2.34. The van der Waals surface area contributed by atoms with Gasteiger partial charge in [0.05, 0.1) is 0 Å². The van der Waals surface area contributed by atoms with Gasteiger partial charge in [-0.2, -0.15) is 5.10 Å². The van der Waals surface area contributed by atoms with Crippen molar-refractivity contribution in [3.8, 4) is 5.88 Å². The van der Waals surface area contributed by atoms with Crippen molar-refractivity contribution in [3.05, 3.63) is 34.5 Å². The van der Waals surface area contributed by atoms with Gasteiger partial charge >= 0.3 is 5.97 Å². The largest absolute Gasteiger partial charge is 0.477 e. The number of nitrogens with zero attached hydrogens (tertiary/aromatic N) is 2. The van der Waals surface area contributed by atoms with Crippen molar-refractivity contribution in [2.75, 3.05) is 0 Å². The molecule has 1 atom stereocenters. The van der Waals surface area contributed by atoms with Gasteiger partial charge in [0, 0.05) is 18.5 Å². The van der Waals surface area contributed by atoms with Crippen LogP contribution in [-0.4, -0.2) is 26.5 Å². The third kappa shape index (κ3) is 3.07. The first kappa shape index (κ1) is 15.5. The average molecular weight is 319 g/mol. The fraction of sp³-hybridized carbons (Fsp3) is 0.385. The Morgan fingerprint density at radius 2 is 2.29 bits per heavy atom. The molecule has 114 valence electrons. The Balaban J connectivity index is 2.45. The average Bonchev–Trinajstić information content (AvgIpc) is 2.66. The van der Waals surface area contributed by atoms with Crippen LogP contribution in [0, 0.1) is 0 Å². The first-order chi connectivity index (χ1) is 9.73. The minimum Gasteiger partial charge on any atom is -0.477 e. The topological polar surface area (TPSA) is 64.4 Å². The number of carboxylic acids is 1. The van der Waals surface area contributed by atoms with Crippen LogP contribution < -0.4 is 4.74 Å². The van der Waals surface area contributed by atoms with Crippen LogP contribution >= 0.6 is 11.6 Å². The maximum atomic E-state index is 12.9. The fourth-order valence-corrected chi connectivity index (χ4v) is 2.42. The number of carbonyl (C=O) groups is 1. The molecule has 1 N–H and O–H groups in total. The van der Waals surface area contributed by atoms with E-state index in [1.165, 1.54) is 7.05 Å². The van der Waals surface area contributed by atoms with Gasteiger partial charge in [0.2, 0.25) is 5.88 Å². The van der Waals surface area contributed by atoms with Crippen molar-refractivity contribution in [1.29, 1.82) is 0 Å². The number of hydrogen-bond donors (Lipinski definition) is 1. The van der Waals surface area contributed by atoms with Crippen LogP contribution in [0.3, 0.4) is 0 Å². The number of ether oxygens (including phenoxy) is 1. The monoisotopic (exact) mass is 318 g/mol. The van der Waals surface area contributed by atoms with Gasteiger partial charge < -0.3 is 9.84 Å². The quantitative estimate of drug-likeness (QED) is 0.925. The Labute approximate surface area is 124 Å². The minimum atomic E-state index is -3.00. The summed E-state index contributed by atoms with van der Waals surface area (Å²) < 4.78 is 32.4. The van der Waals surface area contributed by atoms with Gasteiger partial charge in [-0.05, 0) is 19.1 Å². The lowest BCUT2D eigenvalue weighted by molar-refractivity contribution is 0.0667. The van der Waals surface area contributed by atoms with Gasteiger partial charge in [-0.3, -0.25) is 0 Å². The SMILES string of the molecule is Cn1nc(C(F)F)c(C(=O)O)c1OC1(C)C=C(Cl)C=CC1. The number of halogens is 3. The van der Waals surface area contributed by atoms with Crippen molar-refractivity contribution in [2.45, 2.75) is 25.4 Å². The van der Waals surface area contributed by atoms with E-state index in [0.717, 1.165) is 4.68 Å². The van der Waals surface area contributed by atoms with E-state index in [0.29, 0.717) is 11.5 Å². The summed E-state index contributed by atoms with van der Waals surface area (Å²) in [5.74, 6) is -1.74. The van der Waals surface area contributed by atoms with E-state index in [1.807, 2.05) is 0 Å². The first-order valence-corrected chi connectivity index (χ1v) is 6.43. The lowest BCUT2D eigenvalue weighted by atomic mass is 9.97. The highest BCUT2D eigenvalue weighted by Gasteiger charge is 2.34. The van der Waals surface area contributed by atoms with Gasteiger partial charge in [0.15, 0.2) is 5.56 Å². The molecule has 0 saturated carbocycles. The standard InChI is InChI=1S/C13H13ClF2N2O3/c1-13(5-3-4-7(14)6-13)21-11-8(12(19)20)9(10(15)16)17-18(11)2/h3-4,6,10H,5H2,1-2H3,(H,19,20). The zero-order valence-electron chi connectivity index (χ0n) is 11.3. The number of alkyl halides is 2. The molecular formula is C13H13ClF2N2O3. The van der Waals surface area contributed by atoms with E-state index in [-0.39, 0.29) is 5.88 Å². The van der Waals surface area contributed by atoms with Crippen LogP contribution in [-0.2, 0) is 7.05 Å². The Morgan fingerprint density at radius 3 is 2.81 bits per heavy atom. The third-order valence-electron chi connectivity index (χ3n) is 3.02. The van der Waals surface area contributed by atoms with Crippen molar-refractivity contribution in [1.82, 2.24) is 9.78 Å². The molecule has 0 aromatic carbocycles. The van der Waals surface area contributed by atoms with Gasteiger partial charge in [-0.1, -0.05) is 17.7 Å². The number of hydrogen-bond acceptors (Lipinski definition) is 3. The summed E-state index contributed by atoms with van der Waals surface area (Å²) in [5, 5.41) is 13.1. The van der Waals surface area contributed by atoms with Crippen molar-refractivity contribution in [3.63, 3.8) is 0 Å². The molecule has 0 spiro atoms. The van der Waals surface area contributed by atoms with Gasteiger partial charge in [0.1, 0.15) is 11.3 Å². The number of allylic oxidation sites excluding steroid dienone is 2. The Morgan fingerprint density at radius 1 is 1.62 bits per heavy atom. The Bertz CT molecular complexity index is 640. The van der Waals surface area contributed by atoms with Crippen LogP contribution in [0.4, 0.5) is 8.78 Å². The third-order valence-corrected chi connectivity index (χ3v) is 3.25. The molecule has 0 amide bonds. The molecule has 5 nitrogen and oxygen atoms in total. The van der Waals surface area contributed by atoms with Gasteiger partial charge in [-0.25, -0.2) is 18.3 Å². The van der Waals surface area contributed by atoms with Crippen LogP contribution in [0.5, 0.6) is 5.88 Å². The molecule has 1 aromatic heterocycles. The molecule has 1 aliphatic rings. The van der Waals surface area contributed by atoms with Gasteiger partial charge in [0.25, 0.3) is 6.43 Å². The smallest absolute Gasteiger partial charge is 0.343 e. The molecule has 1 aliphatic carbocycles. The molecule has 2 rings (SSSR count). The Kier molecular flexibility index (Phi) is 4.04. The number of carboxylic acid groups (broad SMARTS) is 1. The zero-order valence-corrected chi connectivity index (χ0v) is 12.1. The zero-order chi connectivity index (χ0) is 15.8. The molecule has 8 heteroatoms. The molecule has 0 saturated heterocycles. The van der Waals surface area contributed by atoms with Crippen molar-refractivity contribution in [2.24, 2.45) is 7.05 Å². The molecule has 0 bridgehead atoms. The highest BCUT2D eigenvalue weighted by atomic mass is 35.5. The predicted octanol–water partition coefficient (Wildman–Crippen LogP) is 3.28. The summed E-state index contributed by atoms with van der Waals surface area (Å²) in [6.07, 6.45) is 2.45. The maximum Gasteiger partial charge on any atom is 0.343 e. The molecular weight excluding hydrogens is 306 g/mol. The van der Waals surface area contributed by atoms with Crippen LogP contribution in [0.15, 0.2) is 23.3 Å². The molecule has 0 aliphatic heterocycles. The molecule has 0 radical (unpaired) electrons. The molecule has 21 heavy (non-hydrogen) atoms. The van der Waals surface area contributed by atoms with Crippen LogP contribution in [0.25, 0.3) is 0 Å². The second-order valence-corrected chi connectivity index (χ2v) is 5.28. The number of aromatic nitrogens is 2. The number of aryl methyl sites for hydroxylation is 1. The van der Waals surface area contributed by atoms with Crippen molar-refractivity contribution < 1.29 is 23.4 Å². The second kappa shape index (κ2) is 5.48. The lowest BCUT2D eigenvalue weighted by Crippen LogP contribution is -2.32. The first-order valence-electron chi connectivity index (χ1n) is 6.06. The molecule has 1 unspecified atom stereocenters. The Hall–Kier alpha value is -1.89. The fourth-order valence-electron chi connectivity index (χ4n) is 2.10. The maximum absolute atomic E-state index is 12.9.